The fraction of sp³-hybridized carbons (Fsp3) is 0.632. The lowest BCUT2D eigenvalue weighted by Gasteiger charge is -2.43. The Morgan fingerprint density at radius 2 is 2.00 bits per heavy atom. The molecule has 24 heavy (non-hydrogen) atoms. The van der Waals surface area contributed by atoms with E-state index >= 15 is 0 Å². The molecular weight excluding hydrogens is 413 g/mol. The molecule has 2 aliphatic rings. The maximum atomic E-state index is 5.67. The number of guanidine groups is 1. The molecule has 5 heteroatoms. The molecule has 0 amide bonds. The van der Waals surface area contributed by atoms with Crippen molar-refractivity contribution in [3.05, 3.63) is 35.9 Å². The van der Waals surface area contributed by atoms with E-state index in [-0.39, 0.29) is 29.4 Å². The van der Waals surface area contributed by atoms with Crippen LogP contribution in [0.1, 0.15) is 44.1 Å². The van der Waals surface area contributed by atoms with E-state index in [4.69, 9.17) is 4.74 Å². The van der Waals surface area contributed by atoms with Crippen molar-refractivity contribution in [2.24, 2.45) is 4.99 Å². The molecule has 4 nitrogen and oxygen atoms in total. The molecule has 0 bridgehead atoms. The fourth-order valence-corrected chi connectivity index (χ4v) is 3.66. The maximum Gasteiger partial charge on any atom is 0.191 e. The molecule has 1 heterocycles. The highest BCUT2D eigenvalue weighted by molar-refractivity contribution is 14.0. The molecule has 0 spiro atoms. The predicted molar refractivity (Wildman–Crippen MR) is 110 cm³/mol. The number of rotatable bonds is 6. The first-order chi connectivity index (χ1) is 11.3. The zero-order valence-electron chi connectivity index (χ0n) is 14.6. The minimum absolute atomic E-state index is 0. The molecule has 1 unspecified atom stereocenters. The van der Waals surface area contributed by atoms with Crippen LogP contribution in [0.15, 0.2) is 35.3 Å². The van der Waals surface area contributed by atoms with E-state index in [0.29, 0.717) is 6.10 Å². The highest BCUT2D eigenvalue weighted by Gasteiger charge is 2.38. The Hall–Kier alpha value is -0.820. The lowest BCUT2D eigenvalue weighted by molar-refractivity contribution is 0.105. The maximum absolute atomic E-state index is 5.67. The quantitative estimate of drug-likeness (QED) is 0.402. The SMILES string of the molecule is CN=C(NCCC1CCCO1)NCC1(c2ccccc2)CCC1.I. The Morgan fingerprint density at radius 3 is 2.58 bits per heavy atom. The summed E-state index contributed by atoms with van der Waals surface area (Å²) in [5.41, 5.74) is 1.74. The molecule has 1 aromatic carbocycles. The van der Waals surface area contributed by atoms with Crippen LogP contribution in [-0.4, -0.2) is 38.8 Å². The molecule has 134 valence electrons. The van der Waals surface area contributed by atoms with Gasteiger partial charge in [-0.25, -0.2) is 0 Å². The van der Waals surface area contributed by atoms with Crippen LogP contribution in [0, 0.1) is 0 Å². The average molecular weight is 443 g/mol. The van der Waals surface area contributed by atoms with Gasteiger partial charge in [0.2, 0.25) is 0 Å². The third-order valence-corrected chi connectivity index (χ3v) is 5.30. The highest BCUT2D eigenvalue weighted by atomic mass is 127. The normalized spacial score (nSPS) is 22.4. The van der Waals surface area contributed by atoms with Crippen LogP contribution in [-0.2, 0) is 10.2 Å². The van der Waals surface area contributed by atoms with E-state index in [9.17, 15) is 0 Å². The van der Waals surface area contributed by atoms with Crippen LogP contribution < -0.4 is 10.6 Å². The summed E-state index contributed by atoms with van der Waals surface area (Å²) in [6.45, 7) is 2.80. The highest BCUT2D eigenvalue weighted by Crippen LogP contribution is 2.43. The van der Waals surface area contributed by atoms with Gasteiger partial charge in [-0.05, 0) is 37.7 Å². The Kier molecular flexibility index (Phi) is 7.81. The first-order valence-electron chi connectivity index (χ1n) is 8.94. The number of halogens is 1. The first kappa shape index (κ1) is 19.5. The summed E-state index contributed by atoms with van der Waals surface area (Å²) in [4.78, 5) is 4.36. The minimum atomic E-state index is 0. The molecular formula is C19H30IN3O. The van der Waals surface area contributed by atoms with Gasteiger partial charge in [0.15, 0.2) is 5.96 Å². The monoisotopic (exact) mass is 443 g/mol. The van der Waals surface area contributed by atoms with Crippen molar-refractivity contribution in [3.8, 4) is 0 Å². The van der Waals surface area contributed by atoms with Crippen molar-refractivity contribution in [3.63, 3.8) is 0 Å². The molecule has 2 N–H and O–H groups in total. The summed E-state index contributed by atoms with van der Waals surface area (Å²) in [7, 11) is 1.84. The third kappa shape index (κ3) is 4.85. The number of hydrogen-bond acceptors (Lipinski definition) is 2. The van der Waals surface area contributed by atoms with Gasteiger partial charge in [-0.3, -0.25) is 4.99 Å². The largest absolute Gasteiger partial charge is 0.378 e. The molecule has 1 aliphatic heterocycles. The average Bonchev–Trinajstić information content (AvgIpc) is 3.06. The minimum Gasteiger partial charge on any atom is -0.378 e. The van der Waals surface area contributed by atoms with Gasteiger partial charge < -0.3 is 15.4 Å². The zero-order valence-corrected chi connectivity index (χ0v) is 16.9. The number of aliphatic imine (C=N–C) groups is 1. The molecule has 1 atom stereocenters. The van der Waals surface area contributed by atoms with E-state index in [2.05, 4.69) is 46.0 Å². The third-order valence-electron chi connectivity index (χ3n) is 5.30. The van der Waals surface area contributed by atoms with E-state index in [1.54, 1.807) is 0 Å². The summed E-state index contributed by atoms with van der Waals surface area (Å²) >= 11 is 0. The molecule has 1 aromatic rings. The summed E-state index contributed by atoms with van der Waals surface area (Å²) in [6, 6.07) is 10.9. The summed E-state index contributed by atoms with van der Waals surface area (Å²) < 4.78 is 5.67. The number of nitrogens with one attached hydrogen (secondary N) is 2. The van der Waals surface area contributed by atoms with Crippen LogP contribution in [0.4, 0.5) is 0 Å². The summed E-state index contributed by atoms with van der Waals surface area (Å²) in [5, 5.41) is 6.96. The lowest BCUT2D eigenvalue weighted by Crippen LogP contribution is -2.49. The first-order valence-corrected chi connectivity index (χ1v) is 8.94. The van der Waals surface area contributed by atoms with Gasteiger partial charge >= 0.3 is 0 Å². The standard InChI is InChI=1S/C19H29N3O.HI/c1-20-18(21-13-10-17-9-5-14-23-17)22-15-19(11-6-12-19)16-7-3-2-4-8-16;/h2-4,7-8,17H,5-6,9-15H2,1H3,(H2,20,21,22);1H. The molecule has 1 aliphatic carbocycles. The van der Waals surface area contributed by atoms with Crippen LogP contribution in [0.25, 0.3) is 0 Å². The van der Waals surface area contributed by atoms with Gasteiger partial charge in [-0.1, -0.05) is 36.8 Å². The van der Waals surface area contributed by atoms with E-state index in [0.717, 1.165) is 32.1 Å². The van der Waals surface area contributed by atoms with Crippen molar-refractivity contribution in [2.75, 3.05) is 26.7 Å². The second-order valence-electron chi connectivity index (χ2n) is 6.78. The van der Waals surface area contributed by atoms with E-state index < -0.39 is 0 Å². The zero-order chi connectivity index (χ0) is 16.0. The lowest BCUT2D eigenvalue weighted by atomic mass is 9.64. The molecule has 3 rings (SSSR count). The van der Waals surface area contributed by atoms with E-state index in [1.165, 1.54) is 37.7 Å². The van der Waals surface area contributed by atoms with Crippen LogP contribution in [0.2, 0.25) is 0 Å². The van der Waals surface area contributed by atoms with Gasteiger partial charge in [0, 0.05) is 32.2 Å². The molecule has 1 saturated carbocycles. The Bertz CT molecular complexity index is 511. The van der Waals surface area contributed by atoms with Crippen LogP contribution >= 0.6 is 24.0 Å². The second kappa shape index (κ2) is 9.61. The Morgan fingerprint density at radius 1 is 1.21 bits per heavy atom. The second-order valence-corrected chi connectivity index (χ2v) is 6.78. The van der Waals surface area contributed by atoms with E-state index in [1.807, 2.05) is 7.05 Å². The van der Waals surface area contributed by atoms with Gasteiger partial charge in [-0.15, -0.1) is 24.0 Å². The van der Waals surface area contributed by atoms with Gasteiger partial charge in [0.1, 0.15) is 0 Å². The molecule has 0 aromatic heterocycles. The van der Waals surface area contributed by atoms with Crippen molar-refractivity contribution < 1.29 is 4.74 Å². The smallest absolute Gasteiger partial charge is 0.191 e. The topological polar surface area (TPSA) is 45.7 Å². The van der Waals surface area contributed by atoms with Crippen molar-refractivity contribution in [1.82, 2.24) is 10.6 Å². The number of hydrogen-bond donors (Lipinski definition) is 2. The predicted octanol–water partition coefficient (Wildman–Crippen LogP) is 3.46. The number of ether oxygens (including phenoxy) is 1. The summed E-state index contributed by atoms with van der Waals surface area (Å²) in [5.74, 6) is 0.908. The van der Waals surface area contributed by atoms with Crippen molar-refractivity contribution in [1.29, 1.82) is 0 Å². The Labute approximate surface area is 162 Å². The Balaban J connectivity index is 0.00000208. The van der Waals surface area contributed by atoms with Crippen molar-refractivity contribution >= 4 is 29.9 Å². The van der Waals surface area contributed by atoms with Crippen LogP contribution in [0.5, 0.6) is 0 Å². The van der Waals surface area contributed by atoms with Gasteiger partial charge in [0.25, 0.3) is 0 Å². The van der Waals surface area contributed by atoms with Crippen LogP contribution in [0.3, 0.4) is 0 Å². The summed E-state index contributed by atoms with van der Waals surface area (Å²) in [6.07, 6.45) is 7.74. The van der Waals surface area contributed by atoms with Gasteiger partial charge in [0.05, 0.1) is 6.10 Å². The van der Waals surface area contributed by atoms with Crippen molar-refractivity contribution in [2.45, 2.75) is 50.0 Å². The number of nitrogens with zero attached hydrogens (tertiary/aromatic N) is 1. The fourth-order valence-electron chi connectivity index (χ4n) is 3.66. The van der Waals surface area contributed by atoms with Gasteiger partial charge in [-0.2, -0.15) is 0 Å². The molecule has 1 saturated heterocycles. The molecule has 2 fully saturated rings. The number of benzene rings is 1. The molecule has 0 radical (unpaired) electrons.